The van der Waals surface area contributed by atoms with Gasteiger partial charge in [0.2, 0.25) is 5.13 Å². The zero-order valence-corrected chi connectivity index (χ0v) is 8.96. The Morgan fingerprint density at radius 3 is 3.21 bits per heavy atom. The van der Waals surface area contributed by atoms with E-state index in [-0.39, 0.29) is 0 Å². The standard InChI is InChI=1S/C9H13N3OS/c1-13-7-8-10-9(14-11-8)12-5-3-2-4-6-12/h2-3H,4-7H2,1H3. The van der Waals surface area contributed by atoms with Gasteiger partial charge in [0.15, 0.2) is 5.82 Å². The second-order valence-corrected chi connectivity index (χ2v) is 3.86. The van der Waals surface area contributed by atoms with Gasteiger partial charge >= 0.3 is 0 Å². The third kappa shape index (κ3) is 2.10. The molecule has 0 fully saturated rings. The summed E-state index contributed by atoms with van der Waals surface area (Å²) in [6.07, 6.45) is 5.47. The molecule has 1 aromatic rings. The van der Waals surface area contributed by atoms with Gasteiger partial charge in [0.1, 0.15) is 6.61 Å². The third-order valence-electron chi connectivity index (χ3n) is 2.06. The van der Waals surface area contributed by atoms with E-state index in [1.54, 1.807) is 7.11 Å². The zero-order chi connectivity index (χ0) is 9.80. The van der Waals surface area contributed by atoms with Crippen molar-refractivity contribution < 1.29 is 4.74 Å². The average Bonchev–Trinajstić information content (AvgIpc) is 2.68. The monoisotopic (exact) mass is 211 g/mol. The lowest BCUT2D eigenvalue weighted by atomic mass is 10.3. The zero-order valence-electron chi connectivity index (χ0n) is 8.14. The molecular weight excluding hydrogens is 198 g/mol. The number of anilines is 1. The average molecular weight is 211 g/mol. The largest absolute Gasteiger partial charge is 0.377 e. The van der Waals surface area contributed by atoms with Crippen molar-refractivity contribution in [3.8, 4) is 0 Å². The molecule has 1 aromatic heterocycles. The lowest BCUT2D eigenvalue weighted by molar-refractivity contribution is 0.179. The Bertz CT molecular complexity index is 324. The predicted octanol–water partition coefficient (Wildman–Crippen LogP) is 1.45. The van der Waals surface area contributed by atoms with Crippen LogP contribution >= 0.6 is 11.5 Å². The fourth-order valence-electron chi connectivity index (χ4n) is 1.38. The molecule has 0 bridgehead atoms. The fourth-order valence-corrected chi connectivity index (χ4v) is 2.08. The molecule has 14 heavy (non-hydrogen) atoms. The van der Waals surface area contributed by atoms with E-state index in [4.69, 9.17) is 4.74 Å². The normalized spacial score (nSPS) is 16.2. The molecule has 0 radical (unpaired) electrons. The molecule has 0 saturated carbocycles. The maximum absolute atomic E-state index is 4.98. The van der Waals surface area contributed by atoms with Crippen LogP contribution in [0.3, 0.4) is 0 Å². The maximum Gasteiger partial charge on any atom is 0.205 e. The Kier molecular flexibility index (Phi) is 3.10. The minimum atomic E-state index is 0.500. The number of nitrogens with zero attached hydrogens (tertiary/aromatic N) is 3. The molecule has 1 aliphatic heterocycles. The van der Waals surface area contributed by atoms with Crippen LogP contribution in [0.4, 0.5) is 5.13 Å². The summed E-state index contributed by atoms with van der Waals surface area (Å²) in [5, 5.41) is 1.00. The minimum absolute atomic E-state index is 0.500. The van der Waals surface area contributed by atoms with Gasteiger partial charge in [-0.15, -0.1) is 0 Å². The van der Waals surface area contributed by atoms with E-state index in [1.165, 1.54) is 11.5 Å². The summed E-state index contributed by atoms with van der Waals surface area (Å²) in [7, 11) is 1.66. The first-order valence-corrected chi connectivity index (χ1v) is 5.39. The van der Waals surface area contributed by atoms with Crippen LogP contribution in [0.5, 0.6) is 0 Å². The molecule has 0 amide bonds. The van der Waals surface area contributed by atoms with Crippen LogP contribution in [-0.4, -0.2) is 29.6 Å². The SMILES string of the molecule is COCc1nsc(N2CC=CCC2)n1. The summed E-state index contributed by atoms with van der Waals surface area (Å²) >= 11 is 1.45. The summed E-state index contributed by atoms with van der Waals surface area (Å²) in [5.74, 6) is 0.780. The first kappa shape index (κ1) is 9.61. The summed E-state index contributed by atoms with van der Waals surface area (Å²) in [6, 6.07) is 0. The quantitative estimate of drug-likeness (QED) is 0.709. The molecule has 76 valence electrons. The van der Waals surface area contributed by atoms with Crippen molar-refractivity contribution in [3.63, 3.8) is 0 Å². The lowest BCUT2D eigenvalue weighted by Crippen LogP contribution is -2.26. The maximum atomic E-state index is 4.98. The van der Waals surface area contributed by atoms with Gasteiger partial charge < -0.3 is 9.64 Å². The van der Waals surface area contributed by atoms with Crippen molar-refractivity contribution in [2.75, 3.05) is 25.1 Å². The molecule has 0 aliphatic carbocycles. The van der Waals surface area contributed by atoms with Crippen LogP contribution in [-0.2, 0) is 11.3 Å². The first-order chi connectivity index (χ1) is 6.90. The lowest BCUT2D eigenvalue weighted by Gasteiger charge is -2.21. The van der Waals surface area contributed by atoms with Crippen LogP contribution in [0.2, 0.25) is 0 Å². The van der Waals surface area contributed by atoms with E-state index in [1.807, 2.05) is 0 Å². The molecule has 2 rings (SSSR count). The van der Waals surface area contributed by atoms with E-state index in [9.17, 15) is 0 Å². The molecule has 4 nitrogen and oxygen atoms in total. The summed E-state index contributed by atoms with van der Waals surface area (Å²) in [6.45, 7) is 2.49. The second kappa shape index (κ2) is 4.52. The molecule has 1 aliphatic rings. The van der Waals surface area contributed by atoms with Crippen molar-refractivity contribution in [2.45, 2.75) is 13.0 Å². The van der Waals surface area contributed by atoms with E-state index >= 15 is 0 Å². The van der Waals surface area contributed by atoms with Crippen molar-refractivity contribution in [2.24, 2.45) is 0 Å². The third-order valence-corrected chi connectivity index (χ3v) is 2.87. The Hall–Kier alpha value is -0.940. The van der Waals surface area contributed by atoms with Crippen LogP contribution in [0.25, 0.3) is 0 Å². The Balaban J connectivity index is 2.04. The van der Waals surface area contributed by atoms with Gasteiger partial charge in [-0.1, -0.05) is 12.2 Å². The van der Waals surface area contributed by atoms with Gasteiger partial charge in [0, 0.05) is 31.7 Å². The van der Waals surface area contributed by atoms with Gasteiger partial charge in [-0.05, 0) is 6.42 Å². The number of hydrogen-bond donors (Lipinski definition) is 0. The smallest absolute Gasteiger partial charge is 0.205 e. The van der Waals surface area contributed by atoms with Gasteiger partial charge in [-0.2, -0.15) is 4.37 Å². The number of rotatable bonds is 3. The van der Waals surface area contributed by atoms with E-state index in [2.05, 4.69) is 26.4 Å². The van der Waals surface area contributed by atoms with Crippen molar-refractivity contribution in [1.82, 2.24) is 9.36 Å². The highest BCUT2D eigenvalue weighted by atomic mass is 32.1. The van der Waals surface area contributed by atoms with E-state index < -0.39 is 0 Å². The van der Waals surface area contributed by atoms with Gasteiger partial charge in [-0.25, -0.2) is 4.98 Å². The molecule has 0 N–H and O–H groups in total. The van der Waals surface area contributed by atoms with Crippen LogP contribution in [0.1, 0.15) is 12.2 Å². The van der Waals surface area contributed by atoms with Crippen molar-refractivity contribution in [1.29, 1.82) is 0 Å². The van der Waals surface area contributed by atoms with E-state index in [0.717, 1.165) is 30.5 Å². The molecule has 2 heterocycles. The van der Waals surface area contributed by atoms with Gasteiger partial charge in [-0.3, -0.25) is 0 Å². The fraction of sp³-hybridized carbons (Fsp3) is 0.556. The molecule has 0 aromatic carbocycles. The molecule has 0 atom stereocenters. The molecule has 5 heteroatoms. The summed E-state index contributed by atoms with van der Waals surface area (Å²) in [4.78, 5) is 6.63. The van der Waals surface area contributed by atoms with Crippen molar-refractivity contribution in [3.05, 3.63) is 18.0 Å². The highest BCUT2D eigenvalue weighted by Crippen LogP contribution is 2.19. The topological polar surface area (TPSA) is 38.2 Å². The summed E-state index contributed by atoms with van der Waals surface area (Å²) in [5.41, 5.74) is 0. The summed E-state index contributed by atoms with van der Waals surface area (Å²) < 4.78 is 9.20. The Labute approximate surface area is 87.4 Å². The van der Waals surface area contributed by atoms with Crippen LogP contribution < -0.4 is 4.90 Å². The first-order valence-electron chi connectivity index (χ1n) is 4.61. The number of hydrogen-bond acceptors (Lipinski definition) is 5. The van der Waals surface area contributed by atoms with Gasteiger partial charge in [0.25, 0.3) is 0 Å². The molecule has 0 spiro atoms. The van der Waals surface area contributed by atoms with E-state index in [0.29, 0.717) is 6.61 Å². The Morgan fingerprint density at radius 2 is 2.50 bits per heavy atom. The van der Waals surface area contributed by atoms with Crippen LogP contribution in [0.15, 0.2) is 12.2 Å². The highest BCUT2D eigenvalue weighted by molar-refractivity contribution is 7.09. The minimum Gasteiger partial charge on any atom is -0.377 e. The molecule has 0 saturated heterocycles. The number of aromatic nitrogens is 2. The van der Waals surface area contributed by atoms with Crippen molar-refractivity contribution >= 4 is 16.7 Å². The second-order valence-electron chi connectivity index (χ2n) is 3.13. The number of ether oxygens (including phenoxy) is 1. The number of methoxy groups -OCH3 is 1. The highest BCUT2D eigenvalue weighted by Gasteiger charge is 2.12. The van der Waals surface area contributed by atoms with Crippen LogP contribution in [0, 0.1) is 0 Å². The predicted molar refractivity (Wildman–Crippen MR) is 56.6 cm³/mol. The molecule has 0 unspecified atom stereocenters. The molecular formula is C9H13N3OS. The Morgan fingerprint density at radius 1 is 1.57 bits per heavy atom. The van der Waals surface area contributed by atoms with Gasteiger partial charge in [0.05, 0.1) is 0 Å².